The van der Waals surface area contributed by atoms with Gasteiger partial charge in [-0.15, -0.1) is 0 Å². The number of hydrogen-bond donors (Lipinski definition) is 0. The van der Waals surface area contributed by atoms with E-state index in [-0.39, 0.29) is 51.4 Å². The van der Waals surface area contributed by atoms with Crippen molar-refractivity contribution in [2.24, 2.45) is 0 Å². The predicted molar refractivity (Wildman–Crippen MR) is 25.8 cm³/mol. The van der Waals surface area contributed by atoms with E-state index in [2.05, 4.69) is 0 Å². The molecule has 0 aromatic rings. The molecule has 0 aromatic carbocycles. The normalized spacial score (nSPS) is 10.7. The zero-order chi connectivity index (χ0) is 6.57. The first-order chi connectivity index (χ1) is 3.68. The fraction of sp³-hybridized carbons (Fsp3) is 0.500. The van der Waals surface area contributed by atoms with Crippen LogP contribution in [0.2, 0.25) is 4.82 Å². The molecule has 0 rings (SSSR count). The van der Waals surface area contributed by atoms with E-state index in [0.717, 1.165) is 0 Å². The van der Waals surface area contributed by atoms with E-state index in [4.69, 9.17) is 5.26 Å². The van der Waals surface area contributed by atoms with Gasteiger partial charge in [-0.2, -0.15) is 0 Å². The van der Waals surface area contributed by atoms with Gasteiger partial charge in [0.1, 0.15) is 0 Å². The molecule has 0 radical (unpaired) electrons. The molecule has 1 atom stereocenters. The number of carboxylic acids is 1. The van der Waals surface area contributed by atoms with Gasteiger partial charge in [-0.3, -0.25) is 0 Å². The minimum absolute atomic E-state index is 0. The zero-order valence-electron chi connectivity index (χ0n) is 5.25. The third-order valence-electron chi connectivity index (χ3n) is 0.561. The molecule has 0 heterocycles. The molecule has 3 nitrogen and oxygen atoms in total. The monoisotopic (exact) mass is 217 g/mol. The molecule has 0 saturated heterocycles. The van der Waals surface area contributed by atoms with Crippen molar-refractivity contribution in [3.63, 3.8) is 0 Å². The standard InChI is InChI=1S/C4H5NO2Se.K/c1-3(4(6)7)8-2-5;/h3H,1H3,(H,6,7);/q;+1/p-1/t3-;/m1./s1. The van der Waals surface area contributed by atoms with E-state index in [9.17, 15) is 9.90 Å². The minimum Gasteiger partial charge on any atom is 1.00 e. The Balaban J connectivity index is 0. The van der Waals surface area contributed by atoms with Crippen molar-refractivity contribution in [1.82, 2.24) is 0 Å². The van der Waals surface area contributed by atoms with Gasteiger partial charge in [-0.1, -0.05) is 0 Å². The smallest absolute Gasteiger partial charge is 1.00 e. The zero-order valence-corrected chi connectivity index (χ0v) is 10.1. The summed E-state index contributed by atoms with van der Waals surface area (Å²) in [4.78, 5) is 11.1. The van der Waals surface area contributed by atoms with Crippen LogP contribution in [0.1, 0.15) is 6.92 Å². The van der Waals surface area contributed by atoms with E-state index in [1.165, 1.54) is 6.92 Å². The molecule has 0 aromatic heterocycles. The summed E-state index contributed by atoms with van der Waals surface area (Å²) in [5.41, 5.74) is 0. The van der Waals surface area contributed by atoms with Gasteiger partial charge in [0.05, 0.1) is 0 Å². The number of nitriles is 1. The SMILES string of the molecule is C[C@@H]([Se]C#N)C(=O)[O-].[K+]. The number of carbonyl (C=O) groups excluding carboxylic acids is 1. The first kappa shape index (κ1) is 12.8. The molecule has 0 fully saturated rings. The molecule has 0 aliphatic carbocycles. The number of carbonyl (C=O) groups is 1. The van der Waals surface area contributed by atoms with Gasteiger partial charge in [0.15, 0.2) is 0 Å². The van der Waals surface area contributed by atoms with Crippen LogP contribution in [0.15, 0.2) is 0 Å². The van der Waals surface area contributed by atoms with Gasteiger partial charge in [-0.25, -0.2) is 0 Å². The molecule has 0 amide bonds. The van der Waals surface area contributed by atoms with Gasteiger partial charge in [0.25, 0.3) is 0 Å². The van der Waals surface area contributed by atoms with Crippen LogP contribution in [0.25, 0.3) is 0 Å². The maximum absolute atomic E-state index is 9.84. The van der Waals surface area contributed by atoms with E-state index < -0.39 is 25.7 Å². The summed E-state index contributed by atoms with van der Waals surface area (Å²) in [6.45, 7) is 1.47. The van der Waals surface area contributed by atoms with Crippen molar-refractivity contribution in [3.05, 3.63) is 0 Å². The molecule has 0 spiro atoms. The Bertz CT molecular complexity index is 133. The average molecular weight is 216 g/mol. The molecular weight excluding hydrogens is 212 g/mol. The van der Waals surface area contributed by atoms with Crippen molar-refractivity contribution in [2.45, 2.75) is 11.7 Å². The summed E-state index contributed by atoms with van der Waals surface area (Å²) in [6.07, 6.45) is 0. The van der Waals surface area contributed by atoms with E-state index in [1.54, 1.807) is 4.97 Å². The van der Waals surface area contributed by atoms with Crippen LogP contribution in [0.4, 0.5) is 0 Å². The van der Waals surface area contributed by atoms with Crippen molar-refractivity contribution in [2.75, 3.05) is 0 Å². The van der Waals surface area contributed by atoms with Crippen LogP contribution in [-0.4, -0.2) is 20.9 Å². The first-order valence-electron chi connectivity index (χ1n) is 1.94. The van der Waals surface area contributed by atoms with Crippen LogP contribution in [-0.2, 0) is 4.79 Å². The number of nitrogens with zero attached hydrogens (tertiary/aromatic N) is 1. The summed E-state index contributed by atoms with van der Waals surface area (Å²) < 4.78 is 0. The topological polar surface area (TPSA) is 63.9 Å². The van der Waals surface area contributed by atoms with Crippen LogP contribution in [0.3, 0.4) is 0 Å². The summed E-state index contributed by atoms with van der Waals surface area (Å²) >= 11 is -0.459. The molecule has 9 heavy (non-hydrogen) atoms. The second-order valence-electron chi connectivity index (χ2n) is 1.17. The second-order valence-corrected chi connectivity index (χ2v) is 3.53. The van der Waals surface area contributed by atoms with Gasteiger partial charge in [0, 0.05) is 0 Å². The molecule has 5 heteroatoms. The summed E-state index contributed by atoms with van der Waals surface area (Å²) in [5, 5.41) is 17.8. The van der Waals surface area contributed by atoms with Gasteiger partial charge < -0.3 is 0 Å². The Morgan fingerprint density at radius 2 is 2.33 bits per heavy atom. The first-order valence-corrected chi connectivity index (χ1v) is 3.78. The fourth-order valence-electron chi connectivity index (χ4n) is 0.127. The van der Waals surface area contributed by atoms with Crippen LogP contribution < -0.4 is 56.5 Å². The number of rotatable bonds is 2. The Morgan fingerprint density at radius 3 is 2.44 bits per heavy atom. The quantitative estimate of drug-likeness (QED) is 0.439. The van der Waals surface area contributed by atoms with E-state index in [1.807, 2.05) is 0 Å². The third kappa shape index (κ3) is 7.01. The molecule has 0 saturated carbocycles. The van der Waals surface area contributed by atoms with Crippen molar-refractivity contribution in [3.8, 4) is 4.97 Å². The maximum Gasteiger partial charge on any atom is 1.00 e. The molecule has 0 aliphatic heterocycles. The van der Waals surface area contributed by atoms with Crippen LogP contribution in [0, 0.1) is 10.2 Å². The molecule has 0 unspecified atom stereocenters. The second kappa shape index (κ2) is 7.23. The van der Waals surface area contributed by atoms with Gasteiger partial charge in [0.2, 0.25) is 0 Å². The Hall–Kier alpha value is 1.12. The molecule has 0 N–H and O–H groups in total. The van der Waals surface area contributed by atoms with Gasteiger partial charge >= 0.3 is 104 Å². The van der Waals surface area contributed by atoms with Crippen LogP contribution in [0.5, 0.6) is 0 Å². The van der Waals surface area contributed by atoms with Crippen molar-refractivity contribution < 1.29 is 61.3 Å². The van der Waals surface area contributed by atoms with Crippen molar-refractivity contribution >= 4 is 20.9 Å². The molecule has 44 valence electrons. The summed E-state index contributed by atoms with van der Waals surface area (Å²) in [5.74, 6) is -1.13. The largest absolute Gasteiger partial charge is 1.00 e. The summed E-state index contributed by atoms with van der Waals surface area (Å²) in [7, 11) is 0. The number of aliphatic carboxylic acids is 1. The van der Waals surface area contributed by atoms with E-state index in [0.29, 0.717) is 0 Å². The fourth-order valence-corrected chi connectivity index (χ4v) is 0.661. The molecule has 0 bridgehead atoms. The average Bonchev–Trinajstić information content (AvgIpc) is 1.67. The van der Waals surface area contributed by atoms with E-state index >= 15 is 0 Å². The summed E-state index contributed by atoms with van der Waals surface area (Å²) in [6, 6.07) is 0. The van der Waals surface area contributed by atoms with Crippen molar-refractivity contribution in [1.29, 1.82) is 5.26 Å². The number of hydrogen-bond acceptors (Lipinski definition) is 3. The minimum atomic E-state index is -1.13. The molecule has 0 aliphatic rings. The third-order valence-corrected chi connectivity index (χ3v) is 1.93. The van der Waals surface area contributed by atoms with Crippen LogP contribution >= 0.6 is 0 Å². The predicted octanol–water partition coefficient (Wildman–Crippen LogP) is -4.27. The number of carboxylic acid groups (broad SMARTS) is 1. The Morgan fingerprint density at radius 1 is 1.89 bits per heavy atom. The molecular formula is C4H4KNO2Se. The Labute approximate surface area is 102 Å². The maximum atomic E-state index is 9.84. The Kier molecular flexibility index (Phi) is 10.2. The van der Waals surface area contributed by atoms with Gasteiger partial charge in [-0.05, 0) is 0 Å².